The van der Waals surface area contributed by atoms with Crippen molar-refractivity contribution in [2.75, 3.05) is 12.4 Å². The van der Waals surface area contributed by atoms with Crippen LogP contribution in [0.5, 0.6) is 0 Å². The molecule has 0 aromatic heterocycles. The fraction of sp³-hybridized carbons (Fsp3) is 0.318. The first-order valence-corrected chi connectivity index (χ1v) is 9.90. The van der Waals surface area contributed by atoms with E-state index in [4.69, 9.17) is 12.2 Å². The largest absolute Gasteiger partial charge is 0.337 e. The Morgan fingerprint density at radius 3 is 2.50 bits per heavy atom. The van der Waals surface area contributed by atoms with E-state index in [9.17, 15) is 9.59 Å². The molecule has 2 rings (SSSR count). The van der Waals surface area contributed by atoms with E-state index >= 15 is 0 Å². The number of amides is 2. The number of anilines is 1. The molecule has 0 aliphatic carbocycles. The molecule has 0 saturated carbocycles. The van der Waals surface area contributed by atoms with Crippen LogP contribution in [0, 0.1) is 0 Å². The molecule has 2 N–H and O–H groups in total. The predicted molar refractivity (Wildman–Crippen MR) is 117 cm³/mol. The molecule has 0 unspecified atom stereocenters. The number of unbranched alkanes of at least 4 members (excludes halogenated alkanes) is 2. The summed E-state index contributed by atoms with van der Waals surface area (Å²) in [6.07, 6.45) is 3.39. The number of rotatable bonds is 8. The number of thiocarbonyl (C=S) groups is 1. The van der Waals surface area contributed by atoms with Crippen LogP contribution in [0.1, 0.15) is 48.5 Å². The second-order valence-corrected chi connectivity index (χ2v) is 7.10. The van der Waals surface area contributed by atoms with Crippen LogP contribution >= 0.6 is 12.2 Å². The van der Waals surface area contributed by atoms with Crippen LogP contribution in [0.15, 0.2) is 54.6 Å². The Kier molecular flexibility index (Phi) is 8.62. The van der Waals surface area contributed by atoms with Crippen molar-refractivity contribution in [3.63, 3.8) is 0 Å². The van der Waals surface area contributed by atoms with Crippen molar-refractivity contribution in [2.45, 2.75) is 39.2 Å². The van der Waals surface area contributed by atoms with Crippen molar-refractivity contribution in [3.8, 4) is 0 Å². The van der Waals surface area contributed by atoms with E-state index in [1.165, 1.54) is 0 Å². The highest BCUT2D eigenvalue weighted by atomic mass is 32.1. The zero-order chi connectivity index (χ0) is 20.4. The smallest absolute Gasteiger partial charge is 0.253 e. The van der Waals surface area contributed by atoms with Gasteiger partial charge in [-0.1, -0.05) is 56.2 Å². The number of benzene rings is 2. The maximum absolute atomic E-state index is 12.7. The second kappa shape index (κ2) is 11.2. The van der Waals surface area contributed by atoms with Crippen molar-refractivity contribution in [2.24, 2.45) is 0 Å². The first kappa shape index (κ1) is 21.6. The summed E-state index contributed by atoms with van der Waals surface area (Å²) in [5.74, 6) is -0.178. The normalized spacial score (nSPS) is 10.2. The highest BCUT2D eigenvalue weighted by Crippen LogP contribution is 2.14. The molecule has 0 saturated heterocycles. The van der Waals surface area contributed by atoms with Gasteiger partial charge in [-0.2, -0.15) is 0 Å². The molecule has 28 heavy (non-hydrogen) atoms. The molecule has 0 aliphatic heterocycles. The van der Waals surface area contributed by atoms with E-state index < -0.39 is 0 Å². The Balaban J connectivity index is 1.92. The summed E-state index contributed by atoms with van der Waals surface area (Å²) in [5.41, 5.74) is 2.29. The van der Waals surface area contributed by atoms with Crippen LogP contribution in [0.3, 0.4) is 0 Å². The van der Waals surface area contributed by atoms with Gasteiger partial charge in [-0.05, 0) is 42.4 Å². The molecule has 2 aromatic carbocycles. The quantitative estimate of drug-likeness (QED) is 0.513. The summed E-state index contributed by atoms with van der Waals surface area (Å²) in [5, 5.41) is 5.89. The lowest BCUT2D eigenvalue weighted by molar-refractivity contribution is -0.119. The highest BCUT2D eigenvalue weighted by Gasteiger charge is 2.13. The van der Waals surface area contributed by atoms with Gasteiger partial charge in [0.1, 0.15) is 0 Å². The minimum atomic E-state index is -0.0965. The van der Waals surface area contributed by atoms with Crippen LogP contribution in [-0.2, 0) is 11.3 Å². The van der Waals surface area contributed by atoms with E-state index in [-0.39, 0.29) is 16.9 Å². The van der Waals surface area contributed by atoms with Crippen molar-refractivity contribution >= 4 is 34.8 Å². The van der Waals surface area contributed by atoms with Crippen LogP contribution in [0.25, 0.3) is 0 Å². The van der Waals surface area contributed by atoms with Crippen molar-refractivity contribution in [1.82, 2.24) is 10.2 Å². The van der Waals surface area contributed by atoms with Gasteiger partial charge in [0, 0.05) is 31.3 Å². The molecular weight excluding hydrogens is 370 g/mol. The Bertz CT molecular complexity index is 808. The fourth-order valence-corrected chi connectivity index (χ4v) is 3.00. The van der Waals surface area contributed by atoms with Gasteiger partial charge >= 0.3 is 0 Å². The molecule has 5 nitrogen and oxygen atoms in total. The Morgan fingerprint density at radius 1 is 1.04 bits per heavy atom. The summed E-state index contributed by atoms with van der Waals surface area (Å²) in [6.45, 7) is 2.62. The maximum atomic E-state index is 12.7. The third kappa shape index (κ3) is 7.12. The van der Waals surface area contributed by atoms with Crippen molar-refractivity contribution < 1.29 is 9.59 Å². The third-order valence-electron chi connectivity index (χ3n) is 4.24. The number of hydrogen-bond acceptors (Lipinski definition) is 3. The fourth-order valence-electron chi connectivity index (χ4n) is 2.77. The minimum Gasteiger partial charge on any atom is -0.337 e. The Hall–Kier alpha value is -2.73. The first-order chi connectivity index (χ1) is 13.5. The summed E-state index contributed by atoms with van der Waals surface area (Å²) in [4.78, 5) is 26.2. The number of nitrogens with one attached hydrogen (secondary N) is 2. The molecule has 0 heterocycles. The Morgan fingerprint density at radius 2 is 1.79 bits per heavy atom. The molecule has 0 atom stereocenters. The molecule has 0 bridgehead atoms. The molecule has 2 aromatic rings. The van der Waals surface area contributed by atoms with Crippen molar-refractivity contribution in [3.05, 3.63) is 65.7 Å². The van der Waals surface area contributed by atoms with Crippen LogP contribution in [0.4, 0.5) is 5.69 Å². The zero-order valence-electron chi connectivity index (χ0n) is 16.4. The summed E-state index contributed by atoms with van der Waals surface area (Å²) in [6, 6.07) is 16.9. The third-order valence-corrected chi connectivity index (χ3v) is 4.44. The van der Waals surface area contributed by atoms with E-state index in [0.717, 1.165) is 24.8 Å². The maximum Gasteiger partial charge on any atom is 0.253 e. The number of hydrogen-bond donors (Lipinski definition) is 2. The Labute approximate surface area is 172 Å². The van der Waals surface area contributed by atoms with Gasteiger partial charge < -0.3 is 15.5 Å². The molecule has 6 heteroatoms. The van der Waals surface area contributed by atoms with E-state index in [2.05, 4.69) is 17.6 Å². The molecule has 0 aliphatic rings. The van der Waals surface area contributed by atoms with Gasteiger partial charge in [-0.15, -0.1) is 0 Å². The SMILES string of the molecule is CCCCCC(=O)NC(=S)Nc1cccc(C(=O)N(C)Cc2ccccc2)c1. The zero-order valence-corrected chi connectivity index (χ0v) is 17.2. The molecule has 0 spiro atoms. The van der Waals surface area contributed by atoms with Crippen LogP contribution in [-0.4, -0.2) is 28.9 Å². The predicted octanol–water partition coefficient (Wildman–Crippen LogP) is 4.35. The highest BCUT2D eigenvalue weighted by molar-refractivity contribution is 7.80. The van der Waals surface area contributed by atoms with Gasteiger partial charge in [0.05, 0.1) is 0 Å². The van der Waals surface area contributed by atoms with Crippen LogP contribution in [0.2, 0.25) is 0 Å². The molecule has 0 fully saturated rings. The summed E-state index contributed by atoms with van der Waals surface area (Å²) >= 11 is 5.20. The van der Waals surface area contributed by atoms with Gasteiger partial charge in [-0.3, -0.25) is 9.59 Å². The lowest BCUT2D eigenvalue weighted by Gasteiger charge is -2.18. The summed E-state index contributed by atoms with van der Waals surface area (Å²) < 4.78 is 0. The van der Waals surface area contributed by atoms with E-state index in [0.29, 0.717) is 24.2 Å². The van der Waals surface area contributed by atoms with Gasteiger partial charge in [-0.25, -0.2) is 0 Å². The average Bonchev–Trinajstić information content (AvgIpc) is 2.68. The lowest BCUT2D eigenvalue weighted by Crippen LogP contribution is -2.34. The summed E-state index contributed by atoms with van der Waals surface area (Å²) in [7, 11) is 1.77. The first-order valence-electron chi connectivity index (χ1n) is 9.50. The number of nitrogens with zero attached hydrogens (tertiary/aromatic N) is 1. The molecule has 0 radical (unpaired) electrons. The number of carbonyl (C=O) groups excluding carboxylic acids is 2. The van der Waals surface area contributed by atoms with E-state index in [1.807, 2.05) is 36.4 Å². The second-order valence-electron chi connectivity index (χ2n) is 6.69. The van der Waals surface area contributed by atoms with Gasteiger partial charge in [0.15, 0.2) is 5.11 Å². The lowest BCUT2D eigenvalue weighted by atomic mass is 10.1. The topological polar surface area (TPSA) is 61.4 Å². The van der Waals surface area contributed by atoms with Crippen molar-refractivity contribution in [1.29, 1.82) is 0 Å². The molecule has 2 amide bonds. The van der Waals surface area contributed by atoms with Gasteiger partial charge in [0.2, 0.25) is 5.91 Å². The molecular formula is C22H27N3O2S. The minimum absolute atomic E-state index is 0.0815. The molecule has 148 valence electrons. The monoisotopic (exact) mass is 397 g/mol. The average molecular weight is 398 g/mol. The van der Waals surface area contributed by atoms with Gasteiger partial charge in [0.25, 0.3) is 5.91 Å². The standard InChI is InChI=1S/C22H27N3O2S/c1-3-4-6-14-20(26)24-22(28)23-19-13-9-12-18(15-19)21(27)25(2)16-17-10-7-5-8-11-17/h5,7-13,15H,3-4,6,14,16H2,1-2H3,(H2,23,24,26,28). The van der Waals surface area contributed by atoms with Crippen LogP contribution < -0.4 is 10.6 Å². The van der Waals surface area contributed by atoms with E-state index in [1.54, 1.807) is 30.1 Å². The number of carbonyl (C=O) groups is 2.